The third kappa shape index (κ3) is 6.65. The first kappa shape index (κ1) is 38.5. The van der Waals surface area contributed by atoms with Crippen LogP contribution in [0.15, 0.2) is 36.4 Å². The molecule has 2 bridgehead atoms. The zero-order valence-electron chi connectivity index (χ0n) is 32.1. The smallest absolute Gasteiger partial charge is 0.192 e. The van der Waals surface area contributed by atoms with Crippen molar-refractivity contribution >= 4 is 22.4 Å². The number of aliphatic hydroxyl groups is 1. The second-order valence-corrected chi connectivity index (χ2v) is 28.2. The van der Waals surface area contributed by atoms with E-state index in [1.807, 2.05) is 24.3 Å². The van der Waals surface area contributed by atoms with Gasteiger partial charge >= 0.3 is 0 Å². The number of aliphatic hydroxyl groups excluding tert-OH is 1. The summed E-state index contributed by atoms with van der Waals surface area (Å²) in [4.78, 5) is 15.6. The van der Waals surface area contributed by atoms with E-state index in [-0.39, 0.29) is 33.8 Å². The summed E-state index contributed by atoms with van der Waals surface area (Å²) < 4.78 is 27.0. The van der Waals surface area contributed by atoms with Crippen LogP contribution in [0.3, 0.4) is 0 Å². The van der Waals surface area contributed by atoms with E-state index in [2.05, 4.69) is 95.1 Å². The van der Waals surface area contributed by atoms with Crippen molar-refractivity contribution in [1.82, 2.24) is 0 Å². The zero-order chi connectivity index (χ0) is 35.6. The fourth-order valence-electron chi connectivity index (χ4n) is 8.25. The van der Waals surface area contributed by atoms with E-state index in [0.29, 0.717) is 19.4 Å². The van der Waals surface area contributed by atoms with E-state index in [0.717, 1.165) is 36.1 Å². The number of fused-ring (bicyclic) bond motifs is 3. The molecular weight excluding hydrogens is 621 g/mol. The lowest BCUT2D eigenvalue weighted by molar-refractivity contribution is -0.161. The highest BCUT2D eigenvalue weighted by Gasteiger charge is 2.68. The molecule has 3 aliphatic carbocycles. The molecule has 0 aliphatic heterocycles. The molecule has 1 N–H and O–H groups in total. The predicted octanol–water partition coefficient (Wildman–Crippen LogP) is 9.47. The fraction of sp³-hybridized carbons (Fsp3) is 0.769. The Morgan fingerprint density at radius 2 is 1.51 bits per heavy atom. The molecule has 3 fully saturated rings. The zero-order valence-corrected chi connectivity index (χ0v) is 34.1. The van der Waals surface area contributed by atoms with Gasteiger partial charge in [-0.15, -0.1) is 0 Å². The van der Waals surface area contributed by atoms with Crippen LogP contribution in [0.4, 0.5) is 0 Å². The topological polar surface area (TPSA) is 74.2 Å². The van der Waals surface area contributed by atoms with Crippen LogP contribution >= 0.6 is 0 Å². The van der Waals surface area contributed by atoms with Crippen LogP contribution in [0.5, 0.6) is 5.75 Å². The fourth-order valence-corrected chi connectivity index (χ4v) is 11.4. The third-order valence-corrected chi connectivity index (χ3v) is 22.7. The van der Waals surface area contributed by atoms with Crippen molar-refractivity contribution in [3.8, 4) is 5.75 Å². The summed E-state index contributed by atoms with van der Waals surface area (Å²) in [6.45, 7) is 34.0. The van der Waals surface area contributed by atoms with Gasteiger partial charge < -0.3 is 23.4 Å². The number of rotatable bonds is 8. The average molecular weight is 687 g/mol. The second-order valence-electron chi connectivity index (χ2n) is 18.7. The second kappa shape index (κ2) is 12.8. The van der Waals surface area contributed by atoms with Crippen LogP contribution in [0.25, 0.3) is 0 Å². The van der Waals surface area contributed by atoms with Crippen molar-refractivity contribution in [3.63, 3.8) is 0 Å². The van der Waals surface area contributed by atoms with Crippen LogP contribution in [0, 0.1) is 22.7 Å². The number of methoxy groups -OCH3 is 1. The van der Waals surface area contributed by atoms with E-state index in [9.17, 15) is 5.11 Å². The maximum Gasteiger partial charge on any atom is 0.192 e. The average Bonchev–Trinajstić information content (AvgIpc) is 3.21. The summed E-state index contributed by atoms with van der Waals surface area (Å²) in [6, 6.07) is 7.87. The van der Waals surface area contributed by atoms with Crippen molar-refractivity contribution in [3.05, 3.63) is 42.0 Å². The van der Waals surface area contributed by atoms with Gasteiger partial charge in [0.05, 0.1) is 36.9 Å². The molecule has 1 aromatic rings. The third-order valence-electron chi connectivity index (χ3n) is 13.7. The molecule has 1 aromatic carbocycles. The molecular formula is C39H66O6Si2. The Morgan fingerprint density at radius 1 is 0.936 bits per heavy atom. The SMILES string of the molecule is C=C1CC[C@H](O[Si](C)(C)C(C)(C)C)[C@@]2(C)C(=O)[C@H](OCc3ccc(OC)cc3)[C@H]3CC[C@@](O[Si](C)(C)C(C)(C)C)([C@@H](O)C[C@H]12)C3(C)C. The Kier molecular flexibility index (Phi) is 10.5. The van der Waals surface area contributed by atoms with Crippen LogP contribution in [0.1, 0.15) is 100.0 Å². The van der Waals surface area contributed by atoms with Crippen molar-refractivity contribution in [2.45, 2.75) is 161 Å². The molecule has 266 valence electrons. The van der Waals surface area contributed by atoms with Gasteiger partial charge in [0.1, 0.15) is 11.9 Å². The molecule has 3 saturated carbocycles. The first-order valence-corrected chi connectivity index (χ1v) is 23.7. The summed E-state index contributed by atoms with van der Waals surface area (Å²) >= 11 is 0. The Balaban J connectivity index is 1.89. The molecule has 0 heterocycles. The van der Waals surface area contributed by atoms with E-state index in [1.165, 1.54) is 0 Å². The Labute approximate surface area is 288 Å². The summed E-state index contributed by atoms with van der Waals surface area (Å²) in [5, 5.41) is 12.6. The van der Waals surface area contributed by atoms with Crippen molar-refractivity contribution in [2.24, 2.45) is 22.7 Å². The van der Waals surface area contributed by atoms with E-state index in [4.69, 9.17) is 18.3 Å². The summed E-state index contributed by atoms with van der Waals surface area (Å²) in [7, 11) is -2.94. The van der Waals surface area contributed by atoms with E-state index >= 15 is 4.79 Å². The number of ketones is 1. The Bertz CT molecular complexity index is 1310. The molecule has 0 amide bonds. The van der Waals surface area contributed by atoms with Crippen molar-refractivity contribution in [2.75, 3.05) is 7.11 Å². The maximum atomic E-state index is 15.6. The number of hydrogen-bond donors (Lipinski definition) is 1. The maximum absolute atomic E-state index is 15.6. The van der Waals surface area contributed by atoms with Crippen LogP contribution < -0.4 is 4.74 Å². The Morgan fingerprint density at radius 3 is 2.04 bits per heavy atom. The van der Waals surface area contributed by atoms with Crippen LogP contribution in [-0.4, -0.2) is 58.5 Å². The van der Waals surface area contributed by atoms with Gasteiger partial charge in [-0.2, -0.15) is 0 Å². The lowest BCUT2D eigenvalue weighted by atomic mass is 9.58. The van der Waals surface area contributed by atoms with Gasteiger partial charge in [0.25, 0.3) is 0 Å². The van der Waals surface area contributed by atoms with E-state index in [1.54, 1.807) is 7.11 Å². The van der Waals surface area contributed by atoms with Crippen LogP contribution in [0.2, 0.25) is 36.3 Å². The molecule has 3 aliphatic rings. The molecule has 47 heavy (non-hydrogen) atoms. The number of carbonyl (C=O) groups excluding carboxylic acids is 1. The minimum Gasteiger partial charge on any atom is -0.497 e. The van der Waals surface area contributed by atoms with Gasteiger partial charge in [-0.25, -0.2) is 0 Å². The largest absolute Gasteiger partial charge is 0.497 e. The molecule has 0 unspecified atom stereocenters. The predicted molar refractivity (Wildman–Crippen MR) is 197 cm³/mol. The van der Waals surface area contributed by atoms with Gasteiger partial charge in [0.2, 0.25) is 0 Å². The summed E-state index contributed by atoms with van der Waals surface area (Å²) in [6.07, 6.45) is 1.63. The highest BCUT2D eigenvalue weighted by molar-refractivity contribution is 6.74. The number of carbonyl (C=O) groups is 1. The highest BCUT2D eigenvalue weighted by atomic mass is 28.4. The monoisotopic (exact) mass is 686 g/mol. The molecule has 6 nitrogen and oxygen atoms in total. The number of Topliss-reactive ketones (excluding diaryl/α,β-unsaturated/α-hetero) is 1. The van der Waals surface area contributed by atoms with Gasteiger partial charge in [0, 0.05) is 11.3 Å². The number of benzene rings is 1. The van der Waals surface area contributed by atoms with Gasteiger partial charge in [-0.3, -0.25) is 4.79 Å². The molecule has 0 aromatic heterocycles. The van der Waals surface area contributed by atoms with Gasteiger partial charge in [0.15, 0.2) is 22.4 Å². The van der Waals surface area contributed by atoms with Crippen molar-refractivity contribution in [1.29, 1.82) is 0 Å². The minimum atomic E-state index is -2.35. The standard InChI is InChI=1S/C39H66O6Si2/c1-26-16-21-32(44-46(12,13)35(2,3)4)38(10)30(26)24-31(40)39(45-47(14,15)36(5,6)7)23-22-29(37(39,8)9)33(34(38)41)43-25-27-17-19-28(42-11)20-18-27/h17-20,29-33,40H,1,16,21-25H2,2-15H3/t29-,30-,31+,32+,33-,38+,39-/m1/s1. The molecule has 0 radical (unpaired) electrons. The number of allylic oxidation sites excluding steroid dienone is 1. The Hall–Kier alpha value is -1.30. The lowest BCUT2D eigenvalue weighted by Gasteiger charge is -2.54. The van der Waals surface area contributed by atoms with E-state index < -0.39 is 45.3 Å². The number of ether oxygens (including phenoxy) is 2. The highest BCUT2D eigenvalue weighted by Crippen LogP contribution is 2.63. The summed E-state index contributed by atoms with van der Waals surface area (Å²) in [5.41, 5.74) is -0.247. The first-order chi connectivity index (χ1) is 21.4. The molecule has 8 heteroatoms. The molecule has 7 atom stereocenters. The quantitative estimate of drug-likeness (QED) is 0.217. The molecule has 0 spiro atoms. The van der Waals surface area contributed by atoms with Crippen LogP contribution in [-0.2, 0) is 25.0 Å². The minimum absolute atomic E-state index is 0.0131. The van der Waals surface area contributed by atoms with Gasteiger partial charge in [-0.1, -0.05) is 79.7 Å². The first-order valence-electron chi connectivity index (χ1n) is 17.9. The number of hydrogen-bond acceptors (Lipinski definition) is 6. The lowest BCUT2D eigenvalue weighted by Crippen LogP contribution is -2.61. The van der Waals surface area contributed by atoms with Crippen molar-refractivity contribution < 1.29 is 28.2 Å². The van der Waals surface area contributed by atoms with Gasteiger partial charge in [-0.05, 0) is 98.9 Å². The molecule has 4 rings (SSSR count). The normalized spacial score (nSPS) is 33.6. The summed E-state index contributed by atoms with van der Waals surface area (Å²) in [5.74, 6) is 0.478. The molecule has 0 saturated heterocycles.